The third-order valence-corrected chi connectivity index (χ3v) is 4.69. The molecule has 0 saturated heterocycles. The van der Waals surface area contributed by atoms with Crippen molar-refractivity contribution in [1.82, 2.24) is 0 Å². The number of hydrogen-bond donors (Lipinski definition) is 1. The average molecular weight is 423 g/mol. The minimum Gasteiger partial charge on any atom is -0.733 e. The molecule has 0 aromatic heterocycles. The van der Waals surface area contributed by atoms with Crippen LogP contribution in [0.5, 0.6) is 11.5 Å². The van der Waals surface area contributed by atoms with E-state index in [1.54, 1.807) is 30.3 Å². The van der Waals surface area contributed by atoms with E-state index in [9.17, 15) is 14.8 Å². The van der Waals surface area contributed by atoms with Gasteiger partial charge in [0.25, 0.3) is 0 Å². The van der Waals surface area contributed by atoms with Crippen LogP contribution in [0.4, 0.5) is 5.69 Å². The average Bonchev–Trinajstić information content (AvgIpc) is 3.04. The second-order valence-electron chi connectivity index (χ2n) is 6.33. The number of fused-ring (bicyclic) bond motifs is 1. The molecule has 1 N–H and O–H groups in total. The van der Waals surface area contributed by atoms with Crippen LogP contribution >= 0.6 is 11.6 Å². The van der Waals surface area contributed by atoms with Gasteiger partial charge in [0.2, 0.25) is 5.78 Å². The zero-order chi connectivity index (χ0) is 21.3. The molecule has 0 radical (unpaired) electrons. The lowest BCUT2D eigenvalue weighted by atomic mass is 10.1. The van der Waals surface area contributed by atoms with Crippen LogP contribution in [0.3, 0.4) is 0 Å². The molecule has 3 aromatic carbocycles. The Labute approximate surface area is 175 Å². The van der Waals surface area contributed by atoms with Gasteiger partial charge in [-0.2, -0.15) is 0 Å². The maximum absolute atomic E-state index is 12.6. The Hall–Kier alpha value is -3.65. The summed E-state index contributed by atoms with van der Waals surface area (Å²) in [6, 6.07) is 16.8. The van der Waals surface area contributed by atoms with Gasteiger partial charge in [0.05, 0.1) is 16.8 Å². The molecule has 0 spiro atoms. The van der Waals surface area contributed by atoms with Gasteiger partial charge in [-0.05, 0) is 48.0 Å². The third kappa shape index (κ3) is 3.90. The maximum atomic E-state index is 12.6. The van der Waals surface area contributed by atoms with Crippen molar-refractivity contribution in [2.45, 2.75) is 0 Å². The first-order valence-corrected chi connectivity index (χ1v) is 9.11. The van der Waals surface area contributed by atoms with Gasteiger partial charge < -0.3 is 19.9 Å². The lowest BCUT2D eigenvalue weighted by Gasteiger charge is -2.21. The number of benzene rings is 3. The Kier molecular flexibility index (Phi) is 5.24. The topological polar surface area (TPSA) is 99.1 Å². The first-order valence-electron chi connectivity index (χ1n) is 8.73. The highest BCUT2D eigenvalue weighted by molar-refractivity contribution is 6.32. The molecule has 0 atom stereocenters. The lowest BCUT2D eigenvalue weighted by molar-refractivity contribution is 0.0734. The van der Waals surface area contributed by atoms with Crippen LogP contribution in [0, 0.1) is 5.21 Å². The molecule has 0 unspecified atom stereocenters. The Morgan fingerprint density at radius 1 is 1.10 bits per heavy atom. The first-order chi connectivity index (χ1) is 14.4. The summed E-state index contributed by atoms with van der Waals surface area (Å²) in [7, 11) is 0. The van der Waals surface area contributed by atoms with Crippen LogP contribution in [0.25, 0.3) is 6.08 Å². The largest absolute Gasteiger partial charge is 0.733 e. The fraction of sp³-hybridized carbons (Fsp3) is 0. The molecule has 1 aliphatic rings. The van der Waals surface area contributed by atoms with E-state index in [2.05, 4.69) is 0 Å². The summed E-state index contributed by atoms with van der Waals surface area (Å²) >= 11 is 6.13. The van der Waals surface area contributed by atoms with Crippen LogP contribution in [0.15, 0.2) is 72.5 Å². The van der Waals surface area contributed by atoms with E-state index < -0.39 is 5.97 Å². The smallest absolute Gasteiger partial charge is 0.343 e. The van der Waals surface area contributed by atoms with Crippen molar-refractivity contribution < 1.29 is 24.3 Å². The number of Topliss-reactive ketones (excluding diaryl/α,β-unsaturated/α-hetero) is 1. The molecule has 0 aliphatic carbocycles. The number of allylic oxidation sites excluding steroid dienone is 1. The molecule has 0 bridgehead atoms. The van der Waals surface area contributed by atoms with E-state index in [0.717, 1.165) is 0 Å². The highest BCUT2D eigenvalue weighted by Crippen LogP contribution is 2.35. The van der Waals surface area contributed by atoms with Gasteiger partial charge >= 0.3 is 5.97 Å². The first kappa shape index (κ1) is 19.7. The molecule has 3 aromatic rings. The second-order valence-corrected chi connectivity index (χ2v) is 6.74. The Morgan fingerprint density at radius 3 is 2.67 bits per heavy atom. The highest BCUT2D eigenvalue weighted by atomic mass is 35.5. The molecule has 0 amide bonds. The van der Waals surface area contributed by atoms with Crippen LogP contribution in [0.2, 0.25) is 5.02 Å². The summed E-state index contributed by atoms with van der Waals surface area (Å²) < 4.78 is 10.9. The minimum atomic E-state index is -0.741. The van der Waals surface area contributed by atoms with Crippen molar-refractivity contribution in [2.24, 2.45) is 0 Å². The summed E-state index contributed by atoms with van der Waals surface area (Å²) in [5.41, 5.74) is 0.927. The molecule has 1 heterocycles. The van der Waals surface area contributed by atoms with Crippen LogP contribution < -0.4 is 14.7 Å². The van der Waals surface area contributed by atoms with Gasteiger partial charge in [-0.15, -0.1) is 0 Å². The van der Waals surface area contributed by atoms with Gasteiger partial charge in [-0.1, -0.05) is 35.9 Å². The van der Waals surface area contributed by atoms with Crippen molar-refractivity contribution in [3.8, 4) is 11.5 Å². The number of nitrogens with zero attached hydrogens (tertiary/aromatic N) is 1. The van der Waals surface area contributed by atoms with Gasteiger partial charge in [0, 0.05) is 11.1 Å². The van der Waals surface area contributed by atoms with Crippen molar-refractivity contribution in [1.29, 1.82) is 0 Å². The minimum absolute atomic E-state index is 0.0687. The van der Waals surface area contributed by atoms with Crippen LogP contribution in [-0.4, -0.2) is 17.0 Å². The summed E-state index contributed by atoms with van der Waals surface area (Å²) in [6.45, 7) is 0. The van der Waals surface area contributed by atoms with E-state index >= 15 is 0 Å². The SMILES string of the molecule is O=C(Oc1ccc2c(c1)OC(=Cc1ccccc1Cl)C2=O)c1cccc(N([O-])O)c1. The predicted octanol–water partition coefficient (Wildman–Crippen LogP) is 4.87. The molecule has 1 aliphatic heterocycles. The number of halogens is 1. The number of hydrogen-bond acceptors (Lipinski definition) is 7. The van der Waals surface area contributed by atoms with E-state index in [1.165, 1.54) is 42.5 Å². The number of carbonyl (C=O) groups excluding carboxylic acids is 2. The molecule has 0 fully saturated rings. The van der Waals surface area contributed by atoms with Gasteiger partial charge in [0.1, 0.15) is 11.5 Å². The molecule has 30 heavy (non-hydrogen) atoms. The number of esters is 1. The lowest BCUT2D eigenvalue weighted by Crippen LogP contribution is -2.11. The molecule has 4 rings (SSSR count). The Bertz CT molecular complexity index is 1190. The molecule has 150 valence electrons. The van der Waals surface area contributed by atoms with Gasteiger partial charge in [-0.25, -0.2) is 4.79 Å². The predicted molar refractivity (Wildman–Crippen MR) is 110 cm³/mol. The van der Waals surface area contributed by atoms with Gasteiger partial charge in [-0.3, -0.25) is 10.0 Å². The van der Waals surface area contributed by atoms with E-state index in [0.29, 0.717) is 16.1 Å². The Balaban J connectivity index is 1.55. The van der Waals surface area contributed by atoms with E-state index in [4.69, 9.17) is 26.3 Å². The quantitative estimate of drug-likeness (QED) is 0.277. The summed E-state index contributed by atoms with van der Waals surface area (Å²) in [6.07, 6.45) is 1.55. The maximum Gasteiger partial charge on any atom is 0.343 e. The van der Waals surface area contributed by atoms with E-state index in [1.807, 2.05) is 0 Å². The molecule has 8 heteroatoms. The van der Waals surface area contributed by atoms with Crippen molar-refractivity contribution in [3.05, 3.63) is 99.4 Å². The number of carbonyl (C=O) groups is 2. The molecule has 7 nitrogen and oxygen atoms in total. The van der Waals surface area contributed by atoms with E-state index in [-0.39, 0.29) is 39.5 Å². The molecule has 0 saturated carbocycles. The van der Waals surface area contributed by atoms with Crippen molar-refractivity contribution >= 4 is 35.1 Å². The summed E-state index contributed by atoms with van der Waals surface area (Å²) in [5.74, 6) is -0.547. The number of ether oxygens (including phenoxy) is 2. The second kappa shape index (κ2) is 8.00. The third-order valence-electron chi connectivity index (χ3n) is 4.35. The van der Waals surface area contributed by atoms with Crippen LogP contribution in [0.1, 0.15) is 26.3 Å². The normalized spacial score (nSPS) is 13.7. The van der Waals surface area contributed by atoms with Crippen molar-refractivity contribution in [3.63, 3.8) is 0 Å². The zero-order valence-corrected chi connectivity index (χ0v) is 16.0. The fourth-order valence-electron chi connectivity index (χ4n) is 2.88. The Morgan fingerprint density at radius 2 is 1.90 bits per heavy atom. The van der Waals surface area contributed by atoms with Crippen LogP contribution in [-0.2, 0) is 0 Å². The van der Waals surface area contributed by atoms with Gasteiger partial charge in [0.15, 0.2) is 5.76 Å². The molecular weight excluding hydrogens is 410 g/mol. The number of anilines is 1. The monoisotopic (exact) mass is 422 g/mol. The summed E-state index contributed by atoms with van der Waals surface area (Å²) in [5, 5.41) is 20.1. The number of rotatable bonds is 4. The zero-order valence-electron chi connectivity index (χ0n) is 15.2. The summed E-state index contributed by atoms with van der Waals surface area (Å²) in [4.78, 5) is 24.9. The molecular formula is C22H13ClNO6-. The highest BCUT2D eigenvalue weighted by Gasteiger charge is 2.28. The number of ketones is 1. The standard InChI is InChI=1S/C22H13ClNO6/c23-18-7-2-1-4-13(18)11-20-21(25)17-9-8-16(12-19(17)30-20)29-22(26)14-5-3-6-15(10-14)24(27)28/h1-12,27H/q-1. The van der Waals surface area contributed by atoms with Crippen molar-refractivity contribution in [2.75, 3.05) is 5.23 Å². The fourth-order valence-corrected chi connectivity index (χ4v) is 3.07.